The van der Waals surface area contributed by atoms with Gasteiger partial charge < -0.3 is 24.1 Å². The standard InChI is InChI=1S/C25H26N4O5/c1-14-19(25(31)28-10-8-16(28)13-32-4)12-29-23(14)20(7-9-27-29)34-17-5-6-18-21(11-17)33-15(2)22(18)24(30)26-3/h5-7,9,11-12,16H,8,10,13H2,1-4H3,(H,26,30)/t16-/m0/s1. The molecule has 0 spiro atoms. The smallest absolute Gasteiger partial charge is 0.256 e. The molecule has 1 aliphatic heterocycles. The van der Waals surface area contributed by atoms with Crippen molar-refractivity contribution in [2.45, 2.75) is 26.3 Å². The SMILES string of the molecule is CNC(=O)c1c(C)oc2cc(Oc3ccnn4cc(C(=O)N5CC[C@H]5COC)c(C)c34)ccc12. The summed E-state index contributed by atoms with van der Waals surface area (Å²) >= 11 is 0. The molecule has 176 valence electrons. The maximum Gasteiger partial charge on any atom is 0.256 e. The minimum absolute atomic E-state index is 0.0311. The number of carbonyl (C=O) groups is 2. The lowest BCUT2D eigenvalue weighted by Gasteiger charge is -2.40. The Kier molecular flexibility index (Phi) is 5.49. The molecule has 0 saturated carbocycles. The maximum absolute atomic E-state index is 13.2. The van der Waals surface area contributed by atoms with Gasteiger partial charge in [0, 0.05) is 44.4 Å². The molecular weight excluding hydrogens is 436 g/mol. The second kappa shape index (κ2) is 8.49. The molecule has 4 heterocycles. The van der Waals surface area contributed by atoms with Crippen LogP contribution in [-0.2, 0) is 4.74 Å². The van der Waals surface area contributed by atoms with Crippen LogP contribution in [0, 0.1) is 13.8 Å². The number of fused-ring (bicyclic) bond motifs is 2. The highest BCUT2D eigenvalue weighted by Crippen LogP contribution is 2.34. The van der Waals surface area contributed by atoms with Gasteiger partial charge in [-0.15, -0.1) is 0 Å². The number of rotatable bonds is 6. The van der Waals surface area contributed by atoms with E-state index in [4.69, 9.17) is 13.9 Å². The van der Waals surface area contributed by atoms with Crippen LogP contribution in [0.4, 0.5) is 0 Å². The number of carbonyl (C=O) groups excluding carboxylic acids is 2. The summed E-state index contributed by atoms with van der Waals surface area (Å²) in [6.45, 7) is 4.91. The second-order valence-corrected chi connectivity index (χ2v) is 8.43. The lowest BCUT2D eigenvalue weighted by Crippen LogP contribution is -2.53. The first-order chi connectivity index (χ1) is 16.4. The first-order valence-electron chi connectivity index (χ1n) is 11.1. The number of likely N-dealkylation sites (tertiary alicyclic amines) is 1. The molecule has 0 unspecified atom stereocenters. The van der Waals surface area contributed by atoms with Crippen molar-refractivity contribution in [1.29, 1.82) is 0 Å². The van der Waals surface area contributed by atoms with E-state index in [9.17, 15) is 9.59 Å². The van der Waals surface area contributed by atoms with E-state index in [-0.39, 0.29) is 17.9 Å². The van der Waals surface area contributed by atoms with Gasteiger partial charge in [0.1, 0.15) is 22.6 Å². The Labute approximate surface area is 196 Å². The van der Waals surface area contributed by atoms with Crippen LogP contribution in [0.1, 0.15) is 38.5 Å². The third kappa shape index (κ3) is 3.49. The predicted molar refractivity (Wildman–Crippen MR) is 126 cm³/mol. The molecule has 1 aromatic carbocycles. The fourth-order valence-electron chi connectivity index (χ4n) is 4.55. The van der Waals surface area contributed by atoms with E-state index in [1.807, 2.05) is 17.9 Å². The zero-order valence-corrected chi connectivity index (χ0v) is 19.5. The number of hydrogen-bond acceptors (Lipinski definition) is 6. The summed E-state index contributed by atoms with van der Waals surface area (Å²) in [5, 5.41) is 7.74. The monoisotopic (exact) mass is 462 g/mol. The van der Waals surface area contributed by atoms with E-state index >= 15 is 0 Å². The van der Waals surface area contributed by atoms with Crippen LogP contribution in [0.3, 0.4) is 0 Å². The molecule has 4 aromatic rings. The van der Waals surface area contributed by atoms with Gasteiger partial charge in [0.15, 0.2) is 5.75 Å². The van der Waals surface area contributed by atoms with Gasteiger partial charge in [-0.05, 0) is 38.0 Å². The number of nitrogens with one attached hydrogen (secondary N) is 1. The van der Waals surface area contributed by atoms with Gasteiger partial charge >= 0.3 is 0 Å². The van der Waals surface area contributed by atoms with Crippen molar-refractivity contribution in [3.05, 3.63) is 59.1 Å². The molecule has 34 heavy (non-hydrogen) atoms. The Morgan fingerprint density at radius 3 is 2.79 bits per heavy atom. The molecule has 0 radical (unpaired) electrons. The molecule has 5 rings (SSSR count). The van der Waals surface area contributed by atoms with E-state index in [0.717, 1.165) is 29.4 Å². The molecule has 1 aliphatic rings. The van der Waals surface area contributed by atoms with Gasteiger partial charge in [-0.1, -0.05) is 0 Å². The first kappa shape index (κ1) is 22.0. The summed E-state index contributed by atoms with van der Waals surface area (Å²) in [4.78, 5) is 27.2. The molecule has 1 saturated heterocycles. The van der Waals surface area contributed by atoms with Crippen LogP contribution in [0.5, 0.6) is 11.5 Å². The fourth-order valence-corrected chi connectivity index (χ4v) is 4.55. The number of nitrogens with zero attached hydrogens (tertiary/aromatic N) is 3. The van der Waals surface area contributed by atoms with Crippen LogP contribution >= 0.6 is 0 Å². The molecule has 9 heteroatoms. The number of furan rings is 1. The average molecular weight is 463 g/mol. The predicted octanol–water partition coefficient (Wildman–Crippen LogP) is 3.71. The number of methoxy groups -OCH3 is 1. The van der Waals surface area contributed by atoms with Crippen LogP contribution in [0.25, 0.3) is 16.5 Å². The van der Waals surface area contributed by atoms with Crippen LogP contribution in [0.2, 0.25) is 0 Å². The topological polar surface area (TPSA) is 98.3 Å². The second-order valence-electron chi connectivity index (χ2n) is 8.43. The van der Waals surface area contributed by atoms with Crippen molar-refractivity contribution >= 4 is 28.3 Å². The van der Waals surface area contributed by atoms with E-state index < -0.39 is 0 Å². The molecule has 1 atom stereocenters. The first-order valence-corrected chi connectivity index (χ1v) is 11.1. The largest absolute Gasteiger partial charge is 0.460 e. The number of aromatic nitrogens is 2. The molecule has 0 bridgehead atoms. The fraction of sp³-hybridized carbons (Fsp3) is 0.320. The molecule has 2 amide bonds. The van der Waals surface area contributed by atoms with E-state index in [1.54, 1.807) is 56.2 Å². The zero-order valence-electron chi connectivity index (χ0n) is 19.5. The van der Waals surface area contributed by atoms with Crippen molar-refractivity contribution in [3.63, 3.8) is 0 Å². The summed E-state index contributed by atoms with van der Waals surface area (Å²) in [5.74, 6) is 1.43. The van der Waals surface area contributed by atoms with Gasteiger partial charge in [0.2, 0.25) is 0 Å². The zero-order chi connectivity index (χ0) is 24.0. The molecule has 1 fully saturated rings. The van der Waals surface area contributed by atoms with Gasteiger partial charge in [-0.2, -0.15) is 5.10 Å². The number of benzene rings is 1. The Morgan fingerprint density at radius 1 is 1.26 bits per heavy atom. The highest BCUT2D eigenvalue weighted by Gasteiger charge is 2.34. The lowest BCUT2D eigenvalue weighted by atomic mass is 10.0. The van der Waals surface area contributed by atoms with Crippen molar-refractivity contribution in [1.82, 2.24) is 19.8 Å². The third-order valence-electron chi connectivity index (χ3n) is 6.40. The van der Waals surface area contributed by atoms with Gasteiger partial charge in [0.25, 0.3) is 11.8 Å². The molecule has 9 nitrogen and oxygen atoms in total. The van der Waals surface area contributed by atoms with Gasteiger partial charge in [-0.25, -0.2) is 4.52 Å². The summed E-state index contributed by atoms with van der Waals surface area (Å²) in [6.07, 6.45) is 4.32. The minimum atomic E-state index is -0.197. The van der Waals surface area contributed by atoms with Crippen molar-refractivity contribution < 1.29 is 23.5 Å². The van der Waals surface area contributed by atoms with Crippen LogP contribution in [0.15, 0.2) is 41.1 Å². The number of amides is 2. The Hall–Kier alpha value is -3.85. The van der Waals surface area contributed by atoms with Crippen LogP contribution in [-0.4, -0.2) is 59.7 Å². The molecule has 0 aliphatic carbocycles. The van der Waals surface area contributed by atoms with Crippen molar-refractivity contribution in [2.24, 2.45) is 0 Å². The highest BCUT2D eigenvalue weighted by atomic mass is 16.5. The van der Waals surface area contributed by atoms with Gasteiger partial charge in [-0.3, -0.25) is 9.59 Å². The summed E-state index contributed by atoms with van der Waals surface area (Å²) in [7, 11) is 3.23. The Balaban J connectivity index is 1.48. The molecule has 1 N–H and O–H groups in total. The minimum Gasteiger partial charge on any atom is -0.460 e. The Bertz CT molecular complexity index is 1420. The highest BCUT2D eigenvalue weighted by molar-refractivity contribution is 6.07. The molecular formula is C25H26N4O5. The summed E-state index contributed by atoms with van der Waals surface area (Å²) < 4.78 is 18.9. The number of ether oxygens (including phenoxy) is 2. The van der Waals surface area contributed by atoms with Gasteiger partial charge in [0.05, 0.1) is 30.0 Å². The van der Waals surface area contributed by atoms with E-state index in [0.29, 0.717) is 40.6 Å². The van der Waals surface area contributed by atoms with E-state index in [1.165, 1.54) is 0 Å². The normalized spacial score (nSPS) is 15.5. The van der Waals surface area contributed by atoms with Crippen LogP contribution < -0.4 is 10.1 Å². The maximum atomic E-state index is 13.2. The third-order valence-corrected chi connectivity index (χ3v) is 6.40. The van der Waals surface area contributed by atoms with E-state index in [2.05, 4.69) is 10.4 Å². The summed E-state index contributed by atoms with van der Waals surface area (Å²) in [6, 6.07) is 7.23. The molecule has 3 aromatic heterocycles. The number of aryl methyl sites for hydroxylation is 2. The summed E-state index contributed by atoms with van der Waals surface area (Å²) in [5.41, 5.74) is 3.18. The average Bonchev–Trinajstić information content (AvgIpc) is 3.32. The number of hydrogen-bond donors (Lipinski definition) is 1. The van der Waals surface area contributed by atoms with Crippen molar-refractivity contribution in [3.8, 4) is 11.5 Å². The quantitative estimate of drug-likeness (QED) is 0.469. The lowest BCUT2D eigenvalue weighted by molar-refractivity contribution is 0.0201. The van der Waals surface area contributed by atoms with Crippen molar-refractivity contribution in [2.75, 3.05) is 27.3 Å². The Morgan fingerprint density at radius 2 is 2.09 bits per heavy atom.